The van der Waals surface area contributed by atoms with Crippen molar-refractivity contribution >= 4 is 0 Å². The van der Waals surface area contributed by atoms with Crippen LogP contribution in [-0.4, -0.2) is 30.5 Å². The van der Waals surface area contributed by atoms with Crippen LogP contribution in [0.5, 0.6) is 0 Å². The molecule has 2 fully saturated rings. The molecule has 12 heavy (non-hydrogen) atoms. The van der Waals surface area contributed by atoms with Gasteiger partial charge in [0.15, 0.2) is 0 Å². The standard InChI is InChI=1S/C9H17NO2/c10-6-8(3-4-8)9(11)2-1-5-12-7-9/h11H,1-7,10H2. The van der Waals surface area contributed by atoms with Crippen LogP contribution in [0.25, 0.3) is 0 Å². The van der Waals surface area contributed by atoms with Crippen LogP contribution in [0.15, 0.2) is 0 Å². The van der Waals surface area contributed by atoms with Crippen molar-refractivity contribution in [3.63, 3.8) is 0 Å². The molecule has 3 nitrogen and oxygen atoms in total. The van der Waals surface area contributed by atoms with Gasteiger partial charge in [-0.1, -0.05) is 0 Å². The Morgan fingerprint density at radius 3 is 2.50 bits per heavy atom. The van der Waals surface area contributed by atoms with Crippen LogP contribution < -0.4 is 5.73 Å². The van der Waals surface area contributed by atoms with E-state index in [9.17, 15) is 5.11 Å². The molecule has 70 valence electrons. The fourth-order valence-corrected chi connectivity index (χ4v) is 2.21. The fraction of sp³-hybridized carbons (Fsp3) is 1.00. The third-order valence-corrected chi connectivity index (χ3v) is 3.45. The first-order valence-electron chi connectivity index (χ1n) is 4.73. The maximum absolute atomic E-state index is 10.3. The van der Waals surface area contributed by atoms with Gasteiger partial charge in [0.2, 0.25) is 0 Å². The van der Waals surface area contributed by atoms with Crippen molar-refractivity contribution in [1.29, 1.82) is 0 Å². The molecule has 0 radical (unpaired) electrons. The Hall–Kier alpha value is -0.120. The van der Waals surface area contributed by atoms with Gasteiger partial charge in [-0.3, -0.25) is 0 Å². The molecule has 0 bridgehead atoms. The van der Waals surface area contributed by atoms with Crippen LogP contribution in [-0.2, 0) is 4.74 Å². The smallest absolute Gasteiger partial charge is 0.0948 e. The Kier molecular flexibility index (Phi) is 1.90. The summed E-state index contributed by atoms with van der Waals surface area (Å²) in [5, 5.41) is 10.3. The minimum absolute atomic E-state index is 0.00736. The average Bonchev–Trinajstić information content (AvgIpc) is 2.86. The van der Waals surface area contributed by atoms with Gasteiger partial charge in [0, 0.05) is 18.6 Å². The molecule has 2 rings (SSSR count). The Morgan fingerprint density at radius 2 is 2.08 bits per heavy atom. The number of aliphatic hydroxyl groups is 1. The molecular formula is C9H17NO2. The predicted octanol–water partition coefficient (Wildman–Crippen LogP) is 0.267. The summed E-state index contributed by atoms with van der Waals surface area (Å²) in [6.45, 7) is 1.89. The van der Waals surface area contributed by atoms with E-state index in [0.29, 0.717) is 13.2 Å². The van der Waals surface area contributed by atoms with Crippen molar-refractivity contribution in [3.8, 4) is 0 Å². The lowest BCUT2D eigenvalue weighted by Crippen LogP contribution is -2.49. The summed E-state index contributed by atoms with van der Waals surface area (Å²) in [4.78, 5) is 0. The number of rotatable bonds is 2. The first kappa shape index (κ1) is 8.48. The maximum atomic E-state index is 10.3. The van der Waals surface area contributed by atoms with Crippen molar-refractivity contribution in [2.75, 3.05) is 19.8 Å². The van der Waals surface area contributed by atoms with Crippen molar-refractivity contribution in [1.82, 2.24) is 0 Å². The van der Waals surface area contributed by atoms with Gasteiger partial charge in [-0.2, -0.15) is 0 Å². The van der Waals surface area contributed by atoms with Gasteiger partial charge in [-0.05, 0) is 25.7 Å². The normalized spacial score (nSPS) is 39.5. The number of hydrogen-bond donors (Lipinski definition) is 2. The Bertz CT molecular complexity index is 171. The summed E-state index contributed by atoms with van der Waals surface area (Å²) >= 11 is 0. The molecule has 0 spiro atoms. The molecule has 1 atom stereocenters. The van der Waals surface area contributed by atoms with Gasteiger partial charge >= 0.3 is 0 Å². The Labute approximate surface area is 72.9 Å². The van der Waals surface area contributed by atoms with E-state index in [0.717, 1.165) is 32.3 Å². The lowest BCUT2D eigenvalue weighted by molar-refractivity contribution is -0.127. The number of ether oxygens (including phenoxy) is 1. The van der Waals surface area contributed by atoms with E-state index in [1.807, 2.05) is 0 Å². The van der Waals surface area contributed by atoms with E-state index in [4.69, 9.17) is 10.5 Å². The summed E-state index contributed by atoms with van der Waals surface area (Å²) in [5.41, 5.74) is 5.07. The van der Waals surface area contributed by atoms with Gasteiger partial charge < -0.3 is 15.6 Å². The van der Waals surface area contributed by atoms with E-state index >= 15 is 0 Å². The van der Waals surface area contributed by atoms with Crippen molar-refractivity contribution in [2.45, 2.75) is 31.3 Å². The van der Waals surface area contributed by atoms with Crippen LogP contribution in [0, 0.1) is 5.41 Å². The molecule has 3 N–H and O–H groups in total. The highest BCUT2D eigenvalue weighted by Gasteiger charge is 2.58. The van der Waals surface area contributed by atoms with E-state index in [2.05, 4.69) is 0 Å². The topological polar surface area (TPSA) is 55.5 Å². The molecule has 1 heterocycles. The van der Waals surface area contributed by atoms with Crippen molar-refractivity contribution < 1.29 is 9.84 Å². The van der Waals surface area contributed by atoms with E-state index < -0.39 is 5.60 Å². The number of hydrogen-bond acceptors (Lipinski definition) is 3. The summed E-state index contributed by atoms with van der Waals surface area (Å²) in [6.07, 6.45) is 3.98. The van der Waals surface area contributed by atoms with Gasteiger partial charge in [0.05, 0.1) is 12.2 Å². The van der Waals surface area contributed by atoms with Gasteiger partial charge in [0.1, 0.15) is 0 Å². The van der Waals surface area contributed by atoms with Gasteiger partial charge in [-0.15, -0.1) is 0 Å². The van der Waals surface area contributed by atoms with Crippen molar-refractivity contribution in [3.05, 3.63) is 0 Å². The molecule has 1 unspecified atom stereocenters. The molecule has 0 aromatic rings. The lowest BCUT2D eigenvalue weighted by Gasteiger charge is -2.38. The van der Waals surface area contributed by atoms with Crippen LogP contribution in [0.2, 0.25) is 0 Å². The molecule has 0 aromatic heterocycles. The molecule has 0 aromatic carbocycles. The molecule has 1 aliphatic carbocycles. The summed E-state index contributed by atoms with van der Waals surface area (Å²) < 4.78 is 5.31. The second-order valence-electron chi connectivity index (χ2n) is 4.17. The Balaban J connectivity index is 2.08. The van der Waals surface area contributed by atoms with Gasteiger partial charge in [0.25, 0.3) is 0 Å². The molecule has 1 saturated carbocycles. The van der Waals surface area contributed by atoms with E-state index in [-0.39, 0.29) is 5.41 Å². The summed E-state index contributed by atoms with van der Waals surface area (Å²) in [6, 6.07) is 0. The monoisotopic (exact) mass is 171 g/mol. The molecule has 1 aliphatic heterocycles. The molecule has 3 heteroatoms. The zero-order valence-electron chi connectivity index (χ0n) is 7.38. The molecular weight excluding hydrogens is 154 g/mol. The van der Waals surface area contributed by atoms with Gasteiger partial charge in [-0.25, -0.2) is 0 Å². The van der Waals surface area contributed by atoms with Crippen molar-refractivity contribution in [2.24, 2.45) is 11.1 Å². The second kappa shape index (κ2) is 2.69. The Morgan fingerprint density at radius 1 is 1.33 bits per heavy atom. The first-order valence-corrected chi connectivity index (χ1v) is 4.73. The first-order chi connectivity index (χ1) is 5.72. The molecule has 0 amide bonds. The molecule has 1 saturated heterocycles. The summed E-state index contributed by atoms with van der Waals surface area (Å²) in [7, 11) is 0. The second-order valence-corrected chi connectivity index (χ2v) is 4.17. The number of nitrogens with two attached hydrogens (primary N) is 1. The molecule has 2 aliphatic rings. The predicted molar refractivity (Wildman–Crippen MR) is 45.7 cm³/mol. The van der Waals surface area contributed by atoms with E-state index in [1.165, 1.54) is 0 Å². The quantitative estimate of drug-likeness (QED) is 0.627. The SMILES string of the molecule is NCC1(C2(O)CCCOC2)CC1. The van der Waals surface area contributed by atoms with Crippen LogP contribution in [0.4, 0.5) is 0 Å². The zero-order valence-corrected chi connectivity index (χ0v) is 7.38. The van der Waals surface area contributed by atoms with Crippen LogP contribution in [0.3, 0.4) is 0 Å². The van der Waals surface area contributed by atoms with E-state index in [1.54, 1.807) is 0 Å². The van der Waals surface area contributed by atoms with Crippen LogP contribution in [0.1, 0.15) is 25.7 Å². The highest BCUT2D eigenvalue weighted by Crippen LogP contribution is 2.55. The third kappa shape index (κ3) is 1.08. The fourth-order valence-electron chi connectivity index (χ4n) is 2.21. The largest absolute Gasteiger partial charge is 0.387 e. The average molecular weight is 171 g/mol. The summed E-state index contributed by atoms with van der Waals surface area (Å²) in [5.74, 6) is 0. The highest BCUT2D eigenvalue weighted by atomic mass is 16.5. The minimum Gasteiger partial charge on any atom is -0.387 e. The highest BCUT2D eigenvalue weighted by molar-refractivity contribution is 5.09. The zero-order chi connectivity index (χ0) is 8.66. The maximum Gasteiger partial charge on any atom is 0.0948 e. The third-order valence-electron chi connectivity index (χ3n) is 3.45. The minimum atomic E-state index is -0.611. The lowest BCUT2D eigenvalue weighted by atomic mass is 9.80. The van der Waals surface area contributed by atoms with Crippen LogP contribution >= 0.6 is 0 Å².